The fourth-order valence-corrected chi connectivity index (χ4v) is 3.45. The van der Waals surface area contributed by atoms with Crippen LogP contribution in [0.15, 0.2) is 54.7 Å². The molecule has 11 nitrogen and oxygen atoms in total. The lowest BCUT2D eigenvalue weighted by Gasteiger charge is -2.20. The van der Waals surface area contributed by atoms with Crippen LogP contribution in [0.4, 0.5) is 23.1 Å². The number of carbonyl (C=O) groups is 2. The summed E-state index contributed by atoms with van der Waals surface area (Å²) in [4.78, 5) is 33.1. The van der Waals surface area contributed by atoms with E-state index in [-0.39, 0.29) is 40.6 Å². The highest BCUT2D eigenvalue weighted by atomic mass is 32.2. The normalized spacial score (nSPS) is 12.0. The Morgan fingerprint density at radius 2 is 1.69 bits per heavy atom. The molecule has 0 saturated carbocycles. The van der Waals surface area contributed by atoms with Gasteiger partial charge in [0, 0.05) is 29.7 Å². The van der Waals surface area contributed by atoms with Gasteiger partial charge < -0.3 is 25.9 Å². The van der Waals surface area contributed by atoms with Gasteiger partial charge in [0.05, 0.1) is 17.4 Å². The van der Waals surface area contributed by atoms with Gasteiger partial charge in [-0.1, -0.05) is 32.0 Å². The fraction of sp³-hybridized carbons (Fsp3) is 0.250. The van der Waals surface area contributed by atoms with E-state index < -0.39 is 21.9 Å². The second kappa shape index (κ2) is 11.0. The minimum Gasteiger partial charge on any atom is -0.382 e. The molecule has 0 fully saturated rings. The van der Waals surface area contributed by atoms with Gasteiger partial charge >= 0.3 is 10.1 Å². The SMILES string of the molecule is CC(C)[C@@H](C)Nc1nc(Nc2ccc(C(=O)Nc3ccccc3)c(OS(C)(=O)=O)c2)ncc1C(N)=O. The molecule has 190 valence electrons. The number of primary amides is 1. The molecule has 3 rings (SSSR count). The van der Waals surface area contributed by atoms with Crippen LogP contribution in [0.25, 0.3) is 0 Å². The van der Waals surface area contributed by atoms with Crippen LogP contribution in [0.2, 0.25) is 0 Å². The first-order valence-corrected chi connectivity index (χ1v) is 12.8. The van der Waals surface area contributed by atoms with Crippen molar-refractivity contribution in [1.82, 2.24) is 9.97 Å². The summed E-state index contributed by atoms with van der Waals surface area (Å²) in [6, 6.07) is 13.0. The van der Waals surface area contributed by atoms with Crippen molar-refractivity contribution in [3.05, 3.63) is 65.9 Å². The van der Waals surface area contributed by atoms with E-state index in [1.165, 1.54) is 18.3 Å². The number of nitrogens with one attached hydrogen (secondary N) is 3. The summed E-state index contributed by atoms with van der Waals surface area (Å²) in [5.41, 5.74) is 6.47. The van der Waals surface area contributed by atoms with E-state index in [0.29, 0.717) is 11.4 Å². The second-order valence-corrected chi connectivity index (χ2v) is 10.0. The Bertz CT molecular complexity index is 1360. The van der Waals surface area contributed by atoms with Crippen molar-refractivity contribution in [2.75, 3.05) is 22.2 Å². The first-order chi connectivity index (χ1) is 16.9. The summed E-state index contributed by atoms with van der Waals surface area (Å²) in [5.74, 6) is -0.794. The number of nitrogens with two attached hydrogens (primary N) is 1. The molecule has 0 radical (unpaired) electrons. The van der Waals surface area contributed by atoms with Gasteiger partial charge in [-0.25, -0.2) is 4.98 Å². The third-order valence-electron chi connectivity index (χ3n) is 5.17. The molecular formula is C24H28N6O5S. The first-order valence-electron chi connectivity index (χ1n) is 11.0. The van der Waals surface area contributed by atoms with E-state index in [1.807, 2.05) is 20.8 Å². The van der Waals surface area contributed by atoms with Crippen molar-refractivity contribution >= 4 is 45.1 Å². The highest BCUT2D eigenvalue weighted by Crippen LogP contribution is 2.28. The number of carbonyl (C=O) groups excluding carboxylic acids is 2. The maximum atomic E-state index is 12.8. The highest BCUT2D eigenvalue weighted by molar-refractivity contribution is 7.86. The number of aromatic nitrogens is 2. The predicted octanol–water partition coefficient (Wildman–Crippen LogP) is 3.37. The molecule has 1 atom stereocenters. The summed E-state index contributed by atoms with van der Waals surface area (Å²) in [7, 11) is -3.94. The smallest absolute Gasteiger partial charge is 0.306 e. The van der Waals surface area contributed by atoms with Crippen molar-refractivity contribution in [2.45, 2.75) is 26.8 Å². The molecule has 0 spiro atoms. The third kappa shape index (κ3) is 7.15. The van der Waals surface area contributed by atoms with Crippen LogP contribution in [-0.4, -0.2) is 42.5 Å². The van der Waals surface area contributed by atoms with Crippen molar-refractivity contribution in [1.29, 1.82) is 0 Å². The van der Waals surface area contributed by atoms with E-state index in [2.05, 4.69) is 25.9 Å². The van der Waals surface area contributed by atoms with Crippen LogP contribution in [0.1, 0.15) is 41.5 Å². The Balaban J connectivity index is 1.93. The molecule has 0 saturated heterocycles. The van der Waals surface area contributed by atoms with Gasteiger partial charge in [-0.15, -0.1) is 0 Å². The van der Waals surface area contributed by atoms with Gasteiger partial charge in [-0.05, 0) is 37.1 Å². The lowest BCUT2D eigenvalue weighted by Crippen LogP contribution is -2.25. The molecule has 12 heteroatoms. The van der Waals surface area contributed by atoms with E-state index >= 15 is 0 Å². The molecule has 5 N–H and O–H groups in total. The standard InChI is InChI=1S/C24H28N6O5S/c1-14(2)15(3)27-22-19(21(25)31)13-26-24(30-22)29-17-10-11-18(20(12-17)35-36(4,33)34)23(32)28-16-8-6-5-7-9-16/h5-15H,1-4H3,(H2,25,31)(H,28,32)(H2,26,27,29,30)/t15-/m1/s1. The Morgan fingerprint density at radius 1 is 1.00 bits per heavy atom. The molecule has 3 aromatic rings. The number of hydrogen-bond acceptors (Lipinski definition) is 9. The minimum atomic E-state index is -3.94. The van der Waals surface area contributed by atoms with Gasteiger partial charge in [-0.3, -0.25) is 9.59 Å². The number of nitrogens with zero attached hydrogens (tertiary/aromatic N) is 2. The van der Waals surface area contributed by atoms with Gasteiger partial charge in [0.2, 0.25) is 5.95 Å². The average Bonchev–Trinajstić information content (AvgIpc) is 2.78. The Labute approximate surface area is 209 Å². The molecular weight excluding hydrogens is 484 g/mol. The molecule has 0 bridgehead atoms. The summed E-state index contributed by atoms with van der Waals surface area (Å²) >= 11 is 0. The van der Waals surface area contributed by atoms with Crippen LogP contribution in [-0.2, 0) is 10.1 Å². The minimum absolute atomic E-state index is 0.00735. The van der Waals surface area contributed by atoms with Crippen LogP contribution >= 0.6 is 0 Å². The lowest BCUT2D eigenvalue weighted by molar-refractivity contribution is 0.0997. The molecule has 0 aliphatic rings. The van der Waals surface area contributed by atoms with Gasteiger partial charge in [0.25, 0.3) is 11.8 Å². The topological polar surface area (TPSA) is 165 Å². The fourth-order valence-electron chi connectivity index (χ4n) is 2.98. The summed E-state index contributed by atoms with van der Waals surface area (Å²) in [6.45, 7) is 5.97. The summed E-state index contributed by atoms with van der Waals surface area (Å²) < 4.78 is 28.8. The number of para-hydroxylation sites is 1. The van der Waals surface area contributed by atoms with E-state index in [4.69, 9.17) is 9.92 Å². The van der Waals surface area contributed by atoms with Crippen molar-refractivity contribution in [3.63, 3.8) is 0 Å². The molecule has 0 aliphatic heterocycles. The number of hydrogen-bond donors (Lipinski definition) is 4. The summed E-state index contributed by atoms with van der Waals surface area (Å²) in [5, 5.41) is 8.79. The first kappa shape index (κ1) is 26.4. The third-order valence-corrected chi connectivity index (χ3v) is 5.66. The number of anilines is 4. The highest BCUT2D eigenvalue weighted by Gasteiger charge is 2.19. The Morgan fingerprint density at radius 3 is 2.31 bits per heavy atom. The maximum Gasteiger partial charge on any atom is 0.306 e. The van der Waals surface area contributed by atoms with Crippen molar-refractivity contribution in [2.24, 2.45) is 11.7 Å². The molecule has 2 amide bonds. The molecule has 1 heterocycles. The lowest BCUT2D eigenvalue weighted by atomic mass is 10.1. The second-order valence-electron chi connectivity index (χ2n) is 8.44. The Hall–Kier alpha value is -4.19. The molecule has 36 heavy (non-hydrogen) atoms. The Kier molecular flexibility index (Phi) is 8.10. The molecule has 0 aliphatic carbocycles. The monoisotopic (exact) mass is 512 g/mol. The molecule has 1 aromatic heterocycles. The van der Waals surface area contributed by atoms with Crippen molar-refractivity contribution < 1.29 is 22.2 Å². The van der Waals surface area contributed by atoms with Crippen LogP contribution in [0.3, 0.4) is 0 Å². The van der Waals surface area contributed by atoms with Crippen molar-refractivity contribution in [3.8, 4) is 5.75 Å². The van der Waals surface area contributed by atoms with Gasteiger partial charge in [0.15, 0.2) is 5.75 Å². The zero-order chi connectivity index (χ0) is 26.5. The number of benzene rings is 2. The predicted molar refractivity (Wildman–Crippen MR) is 138 cm³/mol. The van der Waals surface area contributed by atoms with Crippen LogP contribution < -0.4 is 25.9 Å². The van der Waals surface area contributed by atoms with Gasteiger partial charge in [-0.2, -0.15) is 13.4 Å². The molecule has 0 unspecified atom stereocenters. The summed E-state index contributed by atoms with van der Waals surface area (Å²) in [6.07, 6.45) is 2.17. The van der Waals surface area contributed by atoms with Crippen LogP contribution in [0.5, 0.6) is 5.75 Å². The van der Waals surface area contributed by atoms with E-state index in [0.717, 1.165) is 6.26 Å². The number of rotatable bonds is 10. The quantitative estimate of drug-likeness (QED) is 0.298. The molecule has 2 aromatic carbocycles. The number of amides is 2. The average molecular weight is 513 g/mol. The zero-order valence-corrected chi connectivity index (χ0v) is 21.1. The van der Waals surface area contributed by atoms with E-state index in [9.17, 15) is 18.0 Å². The zero-order valence-electron chi connectivity index (χ0n) is 20.3. The largest absolute Gasteiger partial charge is 0.382 e. The van der Waals surface area contributed by atoms with E-state index in [1.54, 1.807) is 36.4 Å². The van der Waals surface area contributed by atoms with Crippen LogP contribution in [0, 0.1) is 5.92 Å². The maximum absolute atomic E-state index is 12.8. The van der Waals surface area contributed by atoms with Gasteiger partial charge in [0.1, 0.15) is 5.82 Å².